The summed E-state index contributed by atoms with van der Waals surface area (Å²) < 4.78 is 38.9. The van der Waals surface area contributed by atoms with Crippen molar-refractivity contribution in [2.75, 3.05) is 12.3 Å². The lowest BCUT2D eigenvalue weighted by molar-refractivity contribution is -0.166. The van der Waals surface area contributed by atoms with Crippen molar-refractivity contribution >= 4 is 22.1 Å². The molecule has 1 fully saturated rings. The zero-order valence-electron chi connectivity index (χ0n) is 22.8. The van der Waals surface area contributed by atoms with Crippen LogP contribution in [0.25, 0.3) is 0 Å². The maximum absolute atomic E-state index is 12.9. The van der Waals surface area contributed by atoms with E-state index in [9.17, 15) is 23.1 Å². The summed E-state index contributed by atoms with van der Waals surface area (Å²) >= 11 is 0. The first-order valence-corrected chi connectivity index (χ1v) is 14.9. The number of esters is 2. The predicted octanol–water partition coefficient (Wildman–Crippen LogP) is 3.42. The zero-order valence-corrected chi connectivity index (χ0v) is 23.6. The summed E-state index contributed by atoms with van der Waals surface area (Å²) in [5, 5.41) is 9.92. The number of hydrogen-bond acceptors (Lipinski definition) is 8. The lowest BCUT2D eigenvalue weighted by Crippen LogP contribution is -2.43. The lowest BCUT2D eigenvalue weighted by atomic mass is 9.65. The summed E-state index contributed by atoms with van der Waals surface area (Å²) in [5.41, 5.74) is 5.56. The Morgan fingerprint density at radius 1 is 1.24 bits per heavy atom. The fourth-order valence-corrected chi connectivity index (χ4v) is 5.53. The fourth-order valence-electron chi connectivity index (χ4n) is 5.23. The van der Waals surface area contributed by atoms with E-state index in [1.807, 2.05) is 20.8 Å². The number of carbonyl (C=O) groups excluding carboxylic acids is 2. The highest BCUT2D eigenvalue weighted by Crippen LogP contribution is 2.45. The number of ether oxygens (including phenoxy) is 2. The van der Waals surface area contributed by atoms with Crippen molar-refractivity contribution in [1.29, 1.82) is 0 Å². The van der Waals surface area contributed by atoms with E-state index in [0.717, 1.165) is 25.7 Å². The second-order valence-corrected chi connectivity index (χ2v) is 12.9. The first kappa shape index (κ1) is 31.5. The van der Waals surface area contributed by atoms with Crippen LogP contribution in [0.15, 0.2) is 23.8 Å². The molecule has 0 spiro atoms. The van der Waals surface area contributed by atoms with E-state index >= 15 is 0 Å². The van der Waals surface area contributed by atoms with Gasteiger partial charge in [-0.25, -0.2) is 0 Å². The van der Waals surface area contributed by atoms with Crippen molar-refractivity contribution in [3.63, 3.8) is 0 Å². The molecule has 0 radical (unpaired) electrons. The van der Waals surface area contributed by atoms with Gasteiger partial charge in [0.05, 0.1) is 23.7 Å². The van der Waals surface area contributed by atoms with E-state index in [0.29, 0.717) is 24.2 Å². The van der Waals surface area contributed by atoms with Crippen LogP contribution < -0.4 is 5.73 Å². The summed E-state index contributed by atoms with van der Waals surface area (Å²) in [4.78, 5) is 24.6. The Morgan fingerprint density at radius 2 is 1.92 bits per heavy atom. The molecule has 37 heavy (non-hydrogen) atoms. The summed E-state index contributed by atoms with van der Waals surface area (Å²) in [5.74, 6) is 0.422. The van der Waals surface area contributed by atoms with Gasteiger partial charge in [-0.3, -0.25) is 14.1 Å². The van der Waals surface area contributed by atoms with Gasteiger partial charge in [-0.05, 0) is 62.9 Å². The van der Waals surface area contributed by atoms with Gasteiger partial charge in [0.2, 0.25) is 0 Å². The van der Waals surface area contributed by atoms with Crippen LogP contribution in [0, 0.1) is 29.1 Å². The van der Waals surface area contributed by atoms with E-state index < -0.39 is 21.6 Å². The molecular formula is C27H45NO8S. The molecule has 9 nitrogen and oxygen atoms in total. The molecule has 1 aliphatic heterocycles. The molecular weight excluding hydrogens is 498 g/mol. The van der Waals surface area contributed by atoms with Crippen LogP contribution in [0.3, 0.4) is 0 Å². The molecule has 3 aliphatic rings. The Labute approximate surface area is 221 Å². The molecule has 0 saturated carbocycles. The zero-order chi connectivity index (χ0) is 28.0. The van der Waals surface area contributed by atoms with Crippen molar-refractivity contribution in [1.82, 2.24) is 0 Å². The van der Waals surface area contributed by atoms with Crippen molar-refractivity contribution in [2.45, 2.75) is 91.5 Å². The fraction of sp³-hybridized carbons (Fsp3) is 0.778. The largest absolute Gasteiger partial charge is 0.462 e. The standard InChI is InChI=1S/C25H38O5.C2H7NO3S/c1-6-25(4,5)24(28)30-21-12-15(2)11-17-8-7-16(3)20(23(17)21)10-9-19-13-18(26)14-22(27)29-19;3-1-2-7(4,5)6/h7-8,11,15-16,18-21,23,26H,6,9-10,12-14H2,1-5H3;1-3H2,(H,4,5,6)/t15-,16-,18+,19+,20-,21-,23-;/m0./s1. The molecule has 0 amide bonds. The molecule has 212 valence electrons. The number of allylic oxidation sites excluding steroid dienone is 3. The highest BCUT2D eigenvalue weighted by molar-refractivity contribution is 7.85. The third-order valence-electron chi connectivity index (χ3n) is 7.72. The average Bonchev–Trinajstić information content (AvgIpc) is 2.77. The Morgan fingerprint density at radius 3 is 2.46 bits per heavy atom. The molecule has 0 unspecified atom stereocenters. The molecule has 0 aromatic heterocycles. The maximum atomic E-state index is 12.9. The van der Waals surface area contributed by atoms with E-state index in [4.69, 9.17) is 19.8 Å². The Kier molecular flexibility index (Phi) is 11.4. The normalized spacial score (nSPS) is 31.8. The molecule has 10 heteroatoms. The number of nitrogens with two attached hydrogens (primary N) is 1. The molecule has 1 saturated heterocycles. The van der Waals surface area contributed by atoms with Gasteiger partial charge >= 0.3 is 11.9 Å². The van der Waals surface area contributed by atoms with Gasteiger partial charge in [0.1, 0.15) is 12.2 Å². The molecule has 3 rings (SSSR count). The van der Waals surface area contributed by atoms with Crippen molar-refractivity contribution in [2.24, 2.45) is 34.8 Å². The first-order chi connectivity index (χ1) is 17.2. The van der Waals surface area contributed by atoms with Crippen LogP contribution >= 0.6 is 0 Å². The van der Waals surface area contributed by atoms with Gasteiger partial charge in [-0.2, -0.15) is 8.42 Å². The van der Waals surface area contributed by atoms with Gasteiger partial charge in [0.25, 0.3) is 10.1 Å². The van der Waals surface area contributed by atoms with Crippen LogP contribution in [-0.4, -0.2) is 60.6 Å². The van der Waals surface area contributed by atoms with Gasteiger partial charge in [0.15, 0.2) is 0 Å². The molecule has 0 bridgehead atoms. The minimum Gasteiger partial charge on any atom is -0.462 e. The van der Waals surface area contributed by atoms with Crippen LogP contribution in [-0.2, 0) is 29.2 Å². The number of cyclic esters (lactones) is 1. The number of rotatable bonds is 8. The maximum Gasteiger partial charge on any atom is 0.311 e. The minimum atomic E-state index is -3.80. The third-order valence-corrected chi connectivity index (χ3v) is 8.47. The lowest BCUT2D eigenvalue weighted by Gasteiger charge is -2.44. The highest BCUT2D eigenvalue weighted by atomic mass is 32.2. The number of aliphatic hydroxyl groups excluding tert-OH is 1. The first-order valence-electron chi connectivity index (χ1n) is 13.3. The summed E-state index contributed by atoms with van der Waals surface area (Å²) in [7, 11) is -3.80. The smallest absolute Gasteiger partial charge is 0.311 e. The minimum absolute atomic E-state index is 0.0289. The van der Waals surface area contributed by atoms with Gasteiger partial charge in [0, 0.05) is 18.9 Å². The molecule has 1 heterocycles. The molecule has 0 aromatic rings. The highest BCUT2D eigenvalue weighted by Gasteiger charge is 2.43. The second-order valence-electron chi connectivity index (χ2n) is 11.3. The van der Waals surface area contributed by atoms with Crippen LogP contribution in [0.4, 0.5) is 0 Å². The van der Waals surface area contributed by atoms with Gasteiger partial charge < -0.3 is 20.3 Å². The quantitative estimate of drug-likeness (QED) is 0.309. The van der Waals surface area contributed by atoms with Crippen molar-refractivity contribution in [3.8, 4) is 0 Å². The van der Waals surface area contributed by atoms with E-state index in [-0.39, 0.29) is 48.8 Å². The van der Waals surface area contributed by atoms with Crippen molar-refractivity contribution < 1.29 is 37.1 Å². The predicted molar refractivity (Wildman–Crippen MR) is 141 cm³/mol. The average molecular weight is 544 g/mol. The van der Waals surface area contributed by atoms with Crippen LogP contribution in [0.2, 0.25) is 0 Å². The van der Waals surface area contributed by atoms with E-state index in [1.54, 1.807) is 0 Å². The van der Waals surface area contributed by atoms with Crippen LogP contribution in [0.1, 0.15) is 73.1 Å². The van der Waals surface area contributed by atoms with E-state index in [1.165, 1.54) is 5.57 Å². The summed E-state index contributed by atoms with van der Waals surface area (Å²) in [6, 6.07) is 0. The Balaban J connectivity index is 0.000000604. The monoisotopic (exact) mass is 543 g/mol. The second kappa shape index (κ2) is 13.4. The number of hydrogen-bond donors (Lipinski definition) is 3. The molecule has 7 atom stereocenters. The molecule has 4 N–H and O–H groups in total. The van der Waals surface area contributed by atoms with Crippen molar-refractivity contribution in [3.05, 3.63) is 23.8 Å². The molecule has 2 aliphatic carbocycles. The Hall–Kier alpha value is -1.75. The number of carbonyl (C=O) groups is 2. The number of fused-ring (bicyclic) bond motifs is 1. The SMILES string of the molecule is CCC(C)(C)C(=O)O[C@H]1C[C@@H](C)C=C2C=C[C@H](C)[C@H](CC[C@@H]3C[C@@H](O)CC(=O)O3)[C@H]21.NCCS(=O)(=O)O. The van der Waals surface area contributed by atoms with Crippen LogP contribution in [0.5, 0.6) is 0 Å². The van der Waals surface area contributed by atoms with Gasteiger partial charge in [-0.15, -0.1) is 0 Å². The molecule has 0 aromatic carbocycles. The number of aliphatic hydroxyl groups is 1. The topological polar surface area (TPSA) is 153 Å². The Bertz CT molecular complexity index is 957. The third kappa shape index (κ3) is 9.50. The van der Waals surface area contributed by atoms with Gasteiger partial charge in [-0.1, -0.05) is 39.0 Å². The summed E-state index contributed by atoms with van der Waals surface area (Å²) in [6.07, 6.45) is 9.61. The van der Waals surface area contributed by atoms with E-state index in [2.05, 4.69) is 32.1 Å². The summed E-state index contributed by atoms with van der Waals surface area (Å²) in [6.45, 7) is 10.3.